The minimum atomic E-state index is -0.709. The lowest BCUT2D eigenvalue weighted by Gasteiger charge is -2.28. The van der Waals surface area contributed by atoms with E-state index >= 15 is 0 Å². The predicted molar refractivity (Wildman–Crippen MR) is 92.7 cm³/mol. The van der Waals surface area contributed by atoms with Crippen molar-refractivity contribution in [2.45, 2.75) is 6.92 Å². The molecule has 0 radical (unpaired) electrons. The van der Waals surface area contributed by atoms with Gasteiger partial charge in [-0.15, -0.1) is 0 Å². The number of carbonyl (C=O) groups excluding carboxylic acids is 2. The van der Waals surface area contributed by atoms with Crippen molar-refractivity contribution >= 4 is 46.8 Å². The molecule has 1 fully saturated rings. The Balaban J connectivity index is 2.00. The van der Waals surface area contributed by atoms with Crippen LogP contribution in [0.5, 0.6) is 0 Å². The molecule has 1 aliphatic heterocycles. The van der Waals surface area contributed by atoms with Gasteiger partial charge < -0.3 is 4.42 Å². The average Bonchev–Trinajstić information content (AvgIpc) is 3.00. The van der Waals surface area contributed by atoms with Crippen LogP contribution in [0.3, 0.4) is 0 Å². The van der Waals surface area contributed by atoms with Crippen LogP contribution in [0.4, 0.5) is 11.6 Å². The number of benzene rings is 1. The Morgan fingerprint density at radius 2 is 2.04 bits per heavy atom. The van der Waals surface area contributed by atoms with E-state index in [0.29, 0.717) is 5.69 Å². The Morgan fingerprint density at radius 3 is 2.68 bits per heavy atom. The van der Waals surface area contributed by atoms with E-state index in [1.165, 1.54) is 11.0 Å². The maximum atomic E-state index is 12.7. The van der Waals surface area contributed by atoms with Crippen molar-refractivity contribution in [3.05, 3.63) is 63.4 Å². The van der Waals surface area contributed by atoms with Gasteiger partial charge in [-0.2, -0.15) is 0 Å². The average molecular weight is 357 g/mol. The van der Waals surface area contributed by atoms with Crippen molar-refractivity contribution in [2.24, 2.45) is 0 Å². The molecule has 1 aliphatic rings. The molecule has 0 spiro atoms. The zero-order chi connectivity index (χ0) is 18.1. The summed E-state index contributed by atoms with van der Waals surface area (Å²) in [6, 6.07) is 9.49. The van der Waals surface area contributed by atoms with E-state index in [1.807, 2.05) is 13.0 Å². The normalized spacial score (nSPS) is 16.3. The second-order valence-corrected chi connectivity index (χ2v) is 5.62. The standard InChI is InChI=1S/C16H11N3O5S/c1-9-3-2-4-10(7-9)18-15(21)12(14(20)17-16(18)25)8-11-5-6-13(24-11)19(22)23/h2-8H,1H3,(H,17,20,25). The lowest BCUT2D eigenvalue weighted by molar-refractivity contribution is -0.402. The van der Waals surface area contributed by atoms with E-state index in [-0.39, 0.29) is 16.4 Å². The number of amides is 2. The number of anilines is 1. The molecule has 1 N–H and O–H groups in total. The fraction of sp³-hybridized carbons (Fsp3) is 0.0625. The number of carbonyl (C=O) groups is 2. The Bertz CT molecular complexity index is 947. The summed E-state index contributed by atoms with van der Waals surface area (Å²) in [4.78, 5) is 36.0. The highest BCUT2D eigenvalue weighted by atomic mass is 32.1. The van der Waals surface area contributed by atoms with Crippen LogP contribution in [0.2, 0.25) is 0 Å². The maximum absolute atomic E-state index is 12.7. The highest BCUT2D eigenvalue weighted by molar-refractivity contribution is 7.80. The van der Waals surface area contributed by atoms with Crippen LogP contribution in [-0.2, 0) is 9.59 Å². The second-order valence-electron chi connectivity index (χ2n) is 5.23. The summed E-state index contributed by atoms with van der Waals surface area (Å²) >= 11 is 5.10. The van der Waals surface area contributed by atoms with Crippen LogP contribution < -0.4 is 10.2 Å². The van der Waals surface area contributed by atoms with Gasteiger partial charge in [-0.3, -0.25) is 29.9 Å². The maximum Gasteiger partial charge on any atom is 0.433 e. The number of nitrogens with one attached hydrogen (secondary N) is 1. The van der Waals surface area contributed by atoms with Crippen molar-refractivity contribution in [1.82, 2.24) is 5.32 Å². The van der Waals surface area contributed by atoms with Crippen LogP contribution in [-0.4, -0.2) is 21.9 Å². The number of hydrogen-bond acceptors (Lipinski definition) is 6. The summed E-state index contributed by atoms with van der Waals surface area (Å²) in [6.07, 6.45) is 1.15. The van der Waals surface area contributed by atoms with E-state index in [4.69, 9.17) is 16.6 Å². The van der Waals surface area contributed by atoms with Gasteiger partial charge in [0.25, 0.3) is 11.8 Å². The zero-order valence-corrected chi connectivity index (χ0v) is 13.7. The van der Waals surface area contributed by atoms with Gasteiger partial charge in [0.15, 0.2) is 5.11 Å². The number of furan rings is 1. The Labute approximate surface area is 146 Å². The third-order valence-electron chi connectivity index (χ3n) is 3.44. The summed E-state index contributed by atoms with van der Waals surface area (Å²) in [6.45, 7) is 1.86. The van der Waals surface area contributed by atoms with Gasteiger partial charge in [0.05, 0.1) is 11.8 Å². The quantitative estimate of drug-likeness (QED) is 0.297. The smallest absolute Gasteiger partial charge is 0.401 e. The zero-order valence-electron chi connectivity index (χ0n) is 12.9. The molecular weight excluding hydrogens is 346 g/mol. The third kappa shape index (κ3) is 3.17. The van der Waals surface area contributed by atoms with E-state index < -0.39 is 22.6 Å². The first kappa shape index (κ1) is 16.5. The molecule has 25 heavy (non-hydrogen) atoms. The lowest BCUT2D eigenvalue weighted by atomic mass is 10.1. The molecule has 0 saturated carbocycles. The first-order valence-electron chi connectivity index (χ1n) is 7.09. The van der Waals surface area contributed by atoms with Crippen LogP contribution in [0.15, 0.2) is 46.4 Å². The number of nitro groups is 1. The van der Waals surface area contributed by atoms with E-state index in [0.717, 1.165) is 17.7 Å². The van der Waals surface area contributed by atoms with E-state index in [9.17, 15) is 19.7 Å². The second kappa shape index (κ2) is 6.29. The highest BCUT2D eigenvalue weighted by Gasteiger charge is 2.34. The minimum Gasteiger partial charge on any atom is -0.401 e. The van der Waals surface area contributed by atoms with Gasteiger partial charge in [-0.25, -0.2) is 0 Å². The van der Waals surface area contributed by atoms with Crippen molar-refractivity contribution < 1.29 is 18.9 Å². The molecule has 2 aromatic rings. The summed E-state index contributed by atoms with van der Waals surface area (Å²) in [5, 5.41) is 13.1. The Kier molecular flexibility index (Phi) is 4.15. The van der Waals surface area contributed by atoms with Crippen molar-refractivity contribution in [3.63, 3.8) is 0 Å². The largest absolute Gasteiger partial charge is 0.433 e. The molecular formula is C16H11N3O5S. The molecule has 1 saturated heterocycles. The fourth-order valence-electron chi connectivity index (χ4n) is 2.32. The van der Waals surface area contributed by atoms with Crippen LogP contribution in [0, 0.1) is 17.0 Å². The van der Waals surface area contributed by atoms with Crippen LogP contribution in [0.25, 0.3) is 6.08 Å². The molecule has 126 valence electrons. The van der Waals surface area contributed by atoms with Gasteiger partial charge in [0.2, 0.25) is 0 Å². The predicted octanol–water partition coefficient (Wildman–Crippen LogP) is 2.33. The summed E-state index contributed by atoms with van der Waals surface area (Å²) in [7, 11) is 0. The number of nitrogens with zero attached hydrogens (tertiary/aromatic N) is 2. The molecule has 2 amide bonds. The monoisotopic (exact) mass is 357 g/mol. The third-order valence-corrected chi connectivity index (χ3v) is 3.73. The van der Waals surface area contributed by atoms with Gasteiger partial charge >= 0.3 is 5.88 Å². The first-order valence-corrected chi connectivity index (χ1v) is 7.50. The van der Waals surface area contributed by atoms with Gasteiger partial charge in [-0.1, -0.05) is 12.1 Å². The minimum absolute atomic E-state index is 0.0159. The number of thiocarbonyl (C=S) groups is 1. The topological polar surface area (TPSA) is 106 Å². The Morgan fingerprint density at radius 1 is 1.28 bits per heavy atom. The Hall–Kier alpha value is -3.33. The van der Waals surface area contributed by atoms with Gasteiger partial charge in [0.1, 0.15) is 16.3 Å². The van der Waals surface area contributed by atoms with Gasteiger partial charge in [-0.05, 0) is 49.0 Å². The number of rotatable bonds is 3. The van der Waals surface area contributed by atoms with Gasteiger partial charge in [0, 0.05) is 0 Å². The summed E-state index contributed by atoms with van der Waals surface area (Å²) in [5.74, 6) is -1.81. The molecule has 0 aliphatic carbocycles. The van der Waals surface area contributed by atoms with E-state index in [1.54, 1.807) is 18.2 Å². The van der Waals surface area contributed by atoms with Crippen LogP contribution >= 0.6 is 12.2 Å². The SMILES string of the molecule is Cc1cccc(N2C(=O)C(=Cc3ccc([N+](=O)[O-])o3)C(=O)NC2=S)c1. The lowest BCUT2D eigenvalue weighted by Crippen LogP contribution is -2.54. The molecule has 9 heteroatoms. The molecule has 1 aromatic carbocycles. The molecule has 0 atom stereocenters. The molecule has 1 aromatic heterocycles. The molecule has 0 bridgehead atoms. The summed E-state index contributed by atoms with van der Waals surface area (Å²) in [5.41, 5.74) is 1.18. The fourth-order valence-corrected chi connectivity index (χ4v) is 2.60. The van der Waals surface area contributed by atoms with Crippen molar-refractivity contribution in [2.75, 3.05) is 4.90 Å². The van der Waals surface area contributed by atoms with Crippen LogP contribution in [0.1, 0.15) is 11.3 Å². The molecule has 2 heterocycles. The number of hydrogen-bond donors (Lipinski definition) is 1. The number of aryl methyl sites for hydroxylation is 1. The molecule has 0 unspecified atom stereocenters. The molecule has 8 nitrogen and oxygen atoms in total. The van der Waals surface area contributed by atoms with Crippen molar-refractivity contribution in [3.8, 4) is 0 Å². The van der Waals surface area contributed by atoms with Crippen molar-refractivity contribution in [1.29, 1.82) is 0 Å². The highest BCUT2D eigenvalue weighted by Crippen LogP contribution is 2.24. The summed E-state index contributed by atoms with van der Waals surface area (Å²) < 4.78 is 4.97. The first-order chi connectivity index (χ1) is 11.9. The van der Waals surface area contributed by atoms with E-state index in [2.05, 4.69) is 5.32 Å². The molecule has 3 rings (SSSR count).